The molecular weight excluding hydrogens is 407 g/mol. The molecule has 0 spiro atoms. The summed E-state index contributed by atoms with van der Waals surface area (Å²) in [6, 6.07) is 14.8. The van der Waals surface area contributed by atoms with Crippen LogP contribution in [0.2, 0.25) is 0 Å². The summed E-state index contributed by atoms with van der Waals surface area (Å²) >= 11 is 0. The average Bonchev–Trinajstić information content (AvgIpc) is 2.85. The van der Waals surface area contributed by atoms with Crippen molar-refractivity contribution in [3.63, 3.8) is 0 Å². The second-order valence-electron chi connectivity index (χ2n) is 8.90. The van der Waals surface area contributed by atoms with Crippen molar-refractivity contribution in [1.29, 1.82) is 5.26 Å². The molecule has 1 aliphatic heterocycles. The Kier molecular flexibility index (Phi) is 7.36. The molecule has 0 amide bonds. The fraction of sp³-hybridized carbons (Fsp3) is 0.520. The third-order valence-corrected chi connectivity index (χ3v) is 6.83. The summed E-state index contributed by atoms with van der Waals surface area (Å²) in [4.78, 5) is 9.27. The SMILES string of the molecule is N#CC1(c2ccccn2)CCC(N2CCN(CC(O)COc3ccc(F)cc3)CC2)CC1. The highest BCUT2D eigenvalue weighted by molar-refractivity contribution is 5.27. The molecule has 1 saturated heterocycles. The highest BCUT2D eigenvalue weighted by Gasteiger charge is 2.40. The number of hydrogen-bond acceptors (Lipinski definition) is 6. The summed E-state index contributed by atoms with van der Waals surface area (Å²) in [5, 5.41) is 20.2. The lowest BCUT2D eigenvalue weighted by Crippen LogP contribution is -2.53. The first-order chi connectivity index (χ1) is 15.6. The first-order valence-electron chi connectivity index (χ1n) is 11.4. The van der Waals surface area contributed by atoms with Gasteiger partial charge in [0, 0.05) is 45.0 Å². The Bertz CT molecular complexity index is 886. The zero-order valence-corrected chi connectivity index (χ0v) is 18.4. The molecule has 1 aliphatic carbocycles. The lowest BCUT2D eigenvalue weighted by molar-refractivity contribution is 0.0284. The molecule has 2 heterocycles. The van der Waals surface area contributed by atoms with Gasteiger partial charge in [-0.15, -0.1) is 0 Å². The molecule has 1 N–H and O–H groups in total. The fourth-order valence-electron chi connectivity index (χ4n) is 4.92. The number of hydrogen-bond donors (Lipinski definition) is 1. The fourth-order valence-corrected chi connectivity index (χ4v) is 4.92. The van der Waals surface area contributed by atoms with Crippen molar-refractivity contribution in [3.8, 4) is 11.8 Å². The Morgan fingerprint density at radius 3 is 2.47 bits per heavy atom. The van der Waals surface area contributed by atoms with Gasteiger partial charge >= 0.3 is 0 Å². The van der Waals surface area contributed by atoms with Gasteiger partial charge in [-0.2, -0.15) is 5.26 Å². The van der Waals surface area contributed by atoms with E-state index in [4.69, 9.17) is 4.74 Å². The maximum atomic E-state index is 13.0. The average molecular weight is 439 g/mol. The number of aromatic nitrogens is 1. The van der Waals surface area contributed by atoms with E-state index in [1.54, 1.807) is 18.3 Å². The van der Waals surface area contributed by atoms with E-state index in [0.717, 1.165) is 57.6 Å². The van der Waals surface area contributed by atoms with E-state index in [1.807, 2.05) is 18.2 Å². The van der Waals surface area contributed by atoms with Crippen molar-refractivity contribution < 1.29 is 14.2 Å². The van der Waals surface area contributed by atoms with Crippen LogP contribution in [0.4, 0.5) is 4.39 Å². The van der Waals surface area contributed by atoms with E-state index in [9.17, 15) is 14.8 Å². The molecule has 170 valence electrons. The number of aliphatic hydroxyl groups excluding tert-OH is 1. The first kappa shape index (κ1) is 22.7. The number of halogens is 1. The molecule has 2 aliphatic rings. The molecule has 2 aromatic rings. The number of benzene rings is 1. The van der Waals surface area contributed by atoms with Gasteiger partial charge in [-0.1, -0.05) is 6.07 Å². The lowest BCUT2D eigenvalue weighted by atomic mass is 9.71. The van der Waals surface area contributed by atoms with Gasteiger partial charge in [0.05, 0.1) is 17.2 Å². The number of nitrogens with zero attached hydrogens (tertiary/aromatic N) is 4. The Hall–Kier alpha value is -2.53. The van der Waals surface area contributed by atoms with Crippen LogP contribution >= 0.6 is 0 Å². The van der Waals surface area contributed by atoms with Crippen molar-refractivity contribution in [2.24, 2.45) is 0 Å². The molecule has 1 saturated carbocycles. The Morgan fingerprint density at radius 2 is 1.84 bits per heavy atom. The summed E-state index contributed by atoms with van der Waals surface area (Å²) < 4.78 is 18.5. The number of rotatable bonds is 7. The van der Waals surface area contributed by atoms with Crippen LogP contribution in [0.5, 0.6) is 5.75 Å². The maximum Gasteiger partial charge on any atom is 0.123 e. The van der Waals surface area contributed by atoms with E-state index in [1.165, 1.54) is 12.1 Å². The Labute approximate surface area is 189 Å². The van der Waals surface area contributed by atoms with Gasteiger partial charge < -0.3 is 9.84 Å². The molecular formula is C25H31FN4O2. The van der Waals surface area contributed by atoms with Crippen LogP contribution in [0, 0.1) is 17.1 Å². The van der Waals surface area contributed by atoms with Crippen LogP contribution in [0.25, 0.3) is 0 Å². The van der Waals surface area contributed by atoms with E-state index in [0.29, 0.717) is 18.3 Å². The van der Waals surface area contributed by atoms with Crippen molar-refractivity contribution in [3.05, 3.63) is 60.2 Å². The second kappa shape index (κ2) is 10.4. The first-order valence-corrected chi connectivity index (χ1v) is 11.4. The molecule has 1 unspecified atom stereocenters. The number of nitriles is 1. The largest absolute Gasteiger partial charge is 0.491 e. The topological polar surface area (TPSA) is 72.6 Å². The van der Waals surface area contributed by atoms with Crippen LogP contribution in [-0.4, -0.2) is 71.4 Å². The maximum absolute atomic E-state index is 13.0. The zero-order valence-electron chi connectivity index (χ0n) is 18.4. The predicted octanol–water partition coefficient (Wildman–Crippen LogP) is 2.98. The van der Waals surface area contributed by atoms with E-state index in [2.05, 4.69) is 20.9 Å². The van der Waals surface area contributed by atoms with Crippen LogP contribution in [-0.2, 0) is 5.41 Å². The van der Waals surface area contributed by atoms with Crippen LogP contribution in [0.15, 0.2) is 48.7 Å². The van der Waals surface area contributed by atoms with Gasteiger partial charge in [0.25, 0.3) is 0 Å². The number of β-amino-alcohol motifs (C(OH)–C–C–N with tert-alkyl or cyclic N) is 1. The Morgan fingerprint density at radius 1 is 1.12 bits per heavy atom. The molecule has 1 aromatic carbocycles. The molecule has 7 heteroatoms. The monoisotopic (exact) mass is 438 g/mol. The summed E-state index contributed by atoms with van der Waals surface area (Å²) in [6.07, 6.45) is 4.92. The number of pyridine rings is 1. The zero-order chi connectivity index (χ0) is 22.4. The van der Waals surface area contributed by atoms with Crippen LogP contribution in [0.1, 0.15) is 31.4 Å². The van der Waals surface area contributed by atoms with Crippen molar-refractivity contribution in [2.45, 2.75) is 43.2 Å². The molecule has 0 bridgehead atoms. The number of ether oxygens (including phenoxy) is 1. The summed E-state index contributed by atoms with van der Waals surface area (Å²) in [5.74, 6) is 0.260. The molecule has 32 heavy (non-hydrogen) atoms. The molecule has 1 aromatic heterocycles. The summed E-state index contributed by atoms with van der Waals surface area (Å²) in [5.41, 5.74) is 0.455. The van der Waals surface area contributed by atoms with E-state index in [-0.39, 0.29) is 12.4 Å². The highest BCUT2D eigenvalue weighted by Crippen LogP contribution is 2.39. The minimum absolute atomic E-state index is 0.193. The standard InChI is InChI=1S/C25H31FN4O2/c26-20-4-6-23(7-5-20)32-18-22(31)17-29-13-15-30(16-14-29)21-8-10-25(19-27,11-9-21)24-3-1-2-12-28-24/h1-7,12,21-22,31H,8-11,13-18H2. The lowest BCUT2D eigenvalue weighted by Gasteiger charge is -2.43. The van der Waals surface area contributed by atoms with Gasteiger partial charge in [0.15, 0.2) is 0 Å². The molecule has 1 atom stereocenters. The summed E-state index contributed by atoms with van der Waals surface area (Å²) in [7, 11) is 0. The van der Waals surface area contributed by atoms with Crippen LogP contribution < -0.4 is 4.74 Å². The normalized spacial score (nSPS) is 25.7. The van der Waals surface area contributed by atoms with Gasteiger partial charge in [-0.05, 0) is 62.1 Å². The van der Waals surface area contributed by atoms with Crippen LogP contribution in [0.3, 0.4) is 0 Å². The second-order valence-corrected chi connectivity index (χ2v) is 8.90. The van der Waals surface area contributed by atoms with E-state index >= 15 is 0 Å². The molecule has 4 rings (SSSR count). The van der Waals surface area contributed by atoms with E-state index < -0.39 is 11.5 Å². The van der Waals surface area contributed by atoms with Gasteiger partial charge in [-0.25, -0.2) is 4.39 Å². The van der Waals surface area contributed by atoms with Gasteiger partial charge in [0.2, 0.25) is 0 Å². The number of piperazine rings is 1. The molecule has 6 nitrogen and oxygen atoms in total. The van der Waals surface area contributed by atoms with Gasteiger partial charge in [-0.3, -0.25) is 14.8 Å². The predicted molar refractivity (Wildman–Crippen MR) is 120 cm³/mol. The van der Waals surface area contributed by atoms with Crippen molar-refractivity contribution in [1.82, 2.24) is 14.8 Å². The minimum Gasteiger partial charge on any atom is -0.491 e. The van der Waals surface area contributed by atoms with Crippen molar-refractivity contribution in [2.75, 3.05) is 39.3 Å². The van der Waals surface area contributed by atoms with Crippen molar-refractivity contribution >= 4 is 0 Å². The minimum atomic E-state index is -0.587. The molecule has 0 radical (unpaired) electrons. The summed E-state index contributed by atoms with van der Waals surface area (Å²) in [6.45, 7) is 4.52. The van der Waals surface area contributed by atoms with Gasteiger partial charge in [0.1, 0.15) is 24.3 Å². The Balaban J connectivity index is 1.20. The molecule has 2 fully saturated rings. The quantitative estimate of drug-likeness (QED) is 0.717. The third kappa shape index (κ3) is 5.44. The third-order valence-electron chi connectivity index (χ3n) is 6.83. The number of aliphatic hydroxyl groups is 1. The highest BCUT2D eigenvalue weighted by atomic mass is 19.1. The smallest absolute Gasteiger partial charge is 0.123 e.